The Kier molecular flexibility index (Phi) is 3.78. The number of hydrogen-bond donors (Lipinski definition) is 1. The summed E-state index contributed by atoms with van der Waals surface area (Å²) in [6.07, 6.45) is 1.72. The van der Waals surface area contributed by atoms with Crippen molar-refractivity contribution in [1.29, 1.82) is 5.26 Å². The van der Waals surface area contributed by atoms with E-state index in [0.717, 1.165) is 16.7 Å². The van der Waals surface area contributed by atoms with Gasteiger partial charge >= 0.3 is 0 Å². The molecular weight excluding hydrogens is 286 g/mol. The summed E-state index contributed by atoms with van der Waals surface area (Å²) in [6.45, 7) is 3.92. The van der Waals surface area contributed by atoms with E-state index in [1.54, 1.807) is 18.2 Å². The standard InChI is InChI=1S/C19H15N3O/c1-12-3-6-14(7-4-12)10-15(11-20)18-21-17-8-5-13(2)9-16(17)19(23)22-18/h3-10H,1-2H3,(H,21,22,23). The van der Waals surface area contributed by atoms with Crippen LogP contribution in [0.3, 0.4) is 0 Å². The van der Waals surface area contributed by atoms with E-state index in [9.17, 15) is 10.1 Å². The molecule has 0 unspecified atom stereocenters. The van der Waals surface area contributed by atoms with Crippen LogP contribution in [-0.2, 0) is 0 Å². The van der Waals surface area contributed by atoms with E-state index in [2.05, 4.69) is 16.0 Å². The molecule has 3 rings (SSSR count). The van der Waals surface area contributed by atoms with Gasteiger partial charge < -0.3 is 4.98 Å². The maximum absolute atomic E-state index is 12.2. The number of H-pyrrole nitrogens is 1. The minimum Gasteiger partial charge on any atom is -0.305 e. The molecule has 0 saturated carbocycles. The molecule has 0 saturated heterocycles. The van der Waals surface area contributed by atoms with Crippen LogP contribution < -0.4 is 5.56 Å². The maximum Gasteiger partial charge on any atom is 0.259 e. The second-order valence-corrected chi connectivity index (χ2v) is 5.52. The smallest absolute Gasteiger partial charge is 0.259 e. The van der Waals surface area contributed by atoms with Gasteiger partial charge in [0.2, 0.25) is 0 Å². The summed E-state index contributed by atoms with van der Waals surface area (Å²) >= 11 is 0. The minimum absolute atomic E-state index is 0.237. The largest absolute Gasteiger partial charge is 0.305 e. The number of allylic oxidation sites excluding steroid dienone is 1. The molecule has 4 nitrogen and oxygen atoms in total. The Morgan fingerprint density at radius 1 is 1.13 bits per heavy atom. The van der Waals surface area contributed by atoms with Crippen molar-refractivity contribution in [2.45, 2.75) is 13.8 Å². The SMILES string of the molecule is Cc1ccc(C=C(C#N)c2nc3ccc(C)cc3c(=O)[nH]2)cc1. The molecule has 4 heteroatoms. The average Bonchev–Trinajstić information content (AvgIpc) is 2.55. The first-order valence-electron chi connectivity index (χ1n) is 7.26. The Labute approximate surface area is 133 Å². The van der Waals surface area contributed by atoms with Crippen molar-refractivity contribution in [3.05, 3.63) is 75.3 Å². The Balaban J connectivity index is 2.14. The number of hydrogen-bond acceptors (Lipinski definition) is 3. The van der Waals surface area contributed by atoms with Crippen LogP contribution in [0.2, 0.25) is 0 Å². The van der Waals surface area contributed by atoms with Crippen LogP contribution >= 0.6 is 0 Å². The summed E-state index contributed by atoms with van der Waals surface area (Å²) in [6, 6.07) is 15.4. The molecular formula is C19H15N3O. The monoisotopic (exact) mass is 301 g/mol. The first-order chi connectivity index (χ1) is 11.1. The zero-order chi connectivity index (χ0) is 16.4. The summed E-state index contributed by atoms with van der Waals surface area (Å²) in [5.74, 6) is 0.287. The highest BCUT2D eigenvalue weighted by atomic mass is 16.1. The van der Waals surface area contributed by atoms with Crippen LogP contribution in [0.4, 0.5) is 0 Å². The number of benzene rings is 2. The molecule has 0 atom stereocenters. The molecule has 1 heterocycles. The van der Waals surface area contributed by atoms with Crippen LogP contribution in [0.15, 0.2) is 47.3 Å². The number of aryl methyl sites for hydroxylation is 2. The third kappa shape index (κ3) is 3.04. The quantitative estimate of drug-likeness (QED) is 0.735. The second-order valence-electron chi connectivity index (χ2n) is 5.52. The van der Waals surface area contributed by atoms with Crippen molar-refractivity contribution in [1.82, 2.24) is 9.97 Å². The summed E-state index contributed by atoms with van der Waals surface area (Å²) in [7, 11) is 0. The summed E-state index contributed by atoms with van der Waals surface area (Å²) in [4.78, 5) is 19.4. The Morgan fingerprint density at radius 2 is 1.83 bits per heavy atom. The molecule has 1 aromatic heterocycles. The molecule has 0 aliphatic rings. The highest BCUT2D eigenvalue weighted by molar-refractivity contribution is 5.89. The predicted molar refractivity (Wildman–Crippen MR) is 91.8 cm³/mol. The molecule has 0 spiro atoms. The van der Waals surface area contributed by atoms with Crippen LogP contribution in [0.5, 0.6) is 0 Å². The van der Waals surface area contributed by atoms with Gasteiger partial charge in [-0.3, -0.25) is 4.79 Å². The summed E-state index contributed by atoms with van der Waals surface area (Å²) in [5, 5.41) is 9.95. The Morgan fingerprint density at radius 3 is 2.52 bits per heavy atom. The van der Waals surface area contributed by atoms with Crippen molar-refractivity contribution >= 4 is 22.6 Å². The van der Waals surface area contributed by atoms with Gasteiger partial charge in [0.1, 0.15) is 6.07 Å². The van der Waals surface area contributed by atoms with Crippen LogP contribution in [0.1, 0.15) is 22.5 Å². The number of nitrogens with zero attached hydrogens (tertiary/aromatic N) is 2. The zero-order valence-corrected chi connectivity index (χ0v) is 12.9. The fraction of sp³-hybridized carbons (Fsp3) is 0.105. The van der Waals surface area contributed by atoms with Crippen LogP contribution in [-0.4, -0.2) is 9.97 Å². The fourth-order valence-corrected chi connectivity index (χ4v) is 2.36. The molecule has 112 valence electrons. The lowest BCUT2D eigenvalue weighted by molar-refractivity contribution is 1.13. The van der Waals surface area contributed by atoms with E-state index in [1.165, 1.54) is 0 Å². The number of aromatic amines is 1. The molecule has 3 aromatic rings. The summed E-state index contributed by atoms with van der Waals surface area (Å²) < 4.78 is 0. The Hall–Kier alpha value is -3.19. The zero-order valence-electron chi connectivity index (χ0n) is 12.9. The van der Waals surface area contributed by atoms with Crippen molar-refractivity contribution in [2.75, 3.05) is 0 Å². The molecule has 0 aliphatic carbocycles. The molecule has 23 heavy (non-hydrogen) atoms. The number of fused-ring (bicyclic) bond motifs is 1. The van der Waals surface area contributed by atoms with Gasteiger partial charge in [-0.2, -0.15) is 5.26 Å². The van der Waals surface area contributed by atoms with E-state index >= 15 is 0 Å². The van der Waals surface area contributed by atoms with Gasteiger partial charge in [-0.15, -0.1) is 0 Å². The molecule has 0 radical (unpaired) electrons. The van der Waals surface area contributed by atoms with Gasteiger partial charge in [-0.1, -0.05) is 41.5 Å². The average molecular weight is 301 g/mol. The van der Waals surface area contributed by atoms with E-state index in [1.807, 2.05) is 44.2 Å². The maximum atomic E-state index is 12.2. The highest BCUT2D eigenvalue weighted by Crippen LogP contribution is 2.16. The minimum atomic E-state index is -0.237. The molecule has 0 fully saturated rings. The van der Waals surface area contributed by atoms with Crippen LogP contribution in [0, 0.1) is 25.2 Å². The van der Waals surface area contributed by atoms with Gasteiger partial charge in [0, 0.05) is 0 Å². The highest BCUT2D eigenvalue weighted by Gasteiger charge is 2.08. The van der Waals surface area contributed by atoms with Crippen molar-refractivity contribution < 1.29 is 0 Å². The number of aromatic nitrogens is 2. The van der Waals surface area contributed by atoms with Crippen molar-refractivity contribution in [2.24, 2.45) is 0 Å². The number of nitriles is 1. The van der Waals surface area contributed by atoms with E-state index in [-0.39, 0.29) is 11.4 Å². The first kappa shape index (κ1) is 14.7. The fourth-order valence-electron chi connectivity index (χ4n) is 2.36. The van der Waals surface area contributed by atoms with Gasteiger partial charge in [0.15, 0.2) is 5.82 Å². The number of nitrogens with one attached hydrogen (secondary N) is 1. The van der Waals surface area contributed by atoms with Gasteiger partial charge in [-0.25, -0.2) is 4.98 Å². The van der Waals surface area contributed by atoms with Crippen LogP contribution in [0.25, 0.3) is 22.6 Å². The molecule has 0 aliphatic heterocycles. The second kappa shape index (κ2) is 5.90. The van der Waals surface area contributed by atoms with Crippen molar-refractivity contribution in [3.63, 3.8) is 0 Å². The lowest BCUT2D eigenvalue weighted by Gasteiger charge is -2.03. The lowest BCUT2D eigenvalue weighted by Crippen LogP contribution is -2.11. The van der Waals surface area contributed by atoms with E-state index in [4.69, 9.17) is 0 Å². The lowest BCUT2D eigenvalue weighted by atomic mass is 10.1. The Bertz CT molecular complexity index is 1010. The molecule has 2 aromatic carbocycles. The van der Waals surface area contributed by atoms with Crippen molar-refractivity contribution in [3.8, 4) is 6.07 Å². The van der Waals surface area contributed by atoms with Gasteiger partial charge in [0.05, 0.1) is 16.5 Å². The van der Waals surface area contributed by atoms with Gasteiger partial charge in [-0.05, 0) is 37.6 Å². The summed E-state index contributed by atoms with van der Waals surface area (Å²) in [5.41, 5.74) is 3.70. The topological polar surface area (TPSA) is 69.5 Å². The molecule has 0 amide bonds. The van der Waals surface area contributed by atoms with Gasteiger partial charge in [0.25, 0.3) is 5.56 Å². The van der Waals surface area contributed by atoms with E-state index in [0.29, 0.717) is 16.5 Å². The third-order valence-electron chi connectivity index (χ3n) is 3.62. The number of rotatable bonds is 2. The molecule has 0 bridgehead atoms. The van der Waals surface area contributed by atoms with E-state index < -0.39 is 0 Å². The first-order valence-corrected chi connectivity index (χ1v) is 7.26. The normalized spacial score (nSPS) is 11.4. The molecule has 1 N–H and O–H groups in total. The third-order valence-corrected chi connectivity index (χ3v) is 3.62. The predicted octanol–water partition coefficient (Wildman–Crippen LogP) is 3.60.